The number of amides is 1. The van der Waals surface area contributed by atoms with E-state index in [1.807, 2.05) is 23.1 Å². The van der Waals surface area contributed by atoms with Crippen molar-refractivity contribution < 1.29 is 4.79 Å². The first-order chi connectivity index (χ1) is 14.0. The summed E-state index contributed by atoms with van der Waals surface area (Å²) in [5.74, 6) is 0.159. The van der Waals surface area contributed by atoms with E-state index in [1.54, 1.807) is 0 Å². The summed E-state index contributed by atoms with van der Waals surface area (Å²) in [6.07, 6.45) is 6.72. The highest BCUT2D eigenvalue weighted by Gasteiger charge is 2.44. The first-order valence-corrected chi connectivity index (χ1v) is 11.4. The zero-order chi connectivity index (χ0) is 20.4. The average Bonchev–Trinajstić information content (AvgIpc) is 3.13. The highest BCUT2D eigenvalue weighted by molar-refractivity contribution is 6.29. The number of fused-ring (bicyclic) bond motifs is 2. The molecule has 0 bridgehead atoms. The van der Waals surface area contributed by atoms with Crippen molar-refractivity contribution in [2.75, 3.05) is 26.7 Å². The average molecular weight is 414 g/mol. The fourth-order valence-corrected chi connectivity index (χ4v) is 5.27. The molecule has 3 heterocycles. The molecule has 4 rings (SSSR count). The summed E-state index contributed by atoms with van der Waals surface area (Å²) in [5, 5.41) is 0.824. The van der Waals surface area contributed by atoms with Gasteiger partial charge in [-0.25, -0.2) is 0 Å². The Morgan fingerprint density at radius 2 is 1.72 bits per heavy atom. The number of carbonyl (C=O) groups excluding carboxylic acids is 1. The normalized spacial score (nSPS) is 18.8. The Morgan fingerprint density at radius 3 is 2.41 bits per heavy atom. The van der Waals surface area contributed by atoms with Gasteiger partial charge in [0.2, 0.25) is 0 Å². The van der Waals surface area contributed by atoms with Gasteiger partial charge in [-0.15, -0.1) is 0 Å². The van der Waals surface area contributed by atoms with Crippen molar-refractivity contribution in [3.63, 3.8) is 0 Å². The number of nitrogens with zero attached hydrogens (tertiary/aromatic N) is 3. The van der Waals surface area contributed by atoms with Crippen LogP contribution in [0.5, 0.6) is 0 Å². The summed E-state index contributed by atoms with van der Waals surface area (Å²) in [6, 6.07) is 12.4. The molecule has 1 saturated heterocycles. The van der Waals surface area contributed by atoms with Crippen LogP contribution < -0.4 is 0 Å². The molecule has 2 aliphatic heterocycles. The van der Waals surface area contributed by atoms with Crippen molar-refractivity contribution in [1.29, 1.82) is 0 Å². The van der Waals surface area contributed by atoms with Gasteiger partial charge in [0.15, 0.2) is 0 Å². The van der Waals surface area contributed by atoms with Gasteiger partial charge in [0, 0.05) is 37.4 Å². The number of unbranched alkanes of at least 4 members (excludes halogenated alkanes) is 2. The number of rotatable bonds is 5. The van der Waals surface area contributed by atoms with Crippen LogP contribution in [0.15, 0.2) is 36.4 Å². The van der Waals surface area contributed by atoms with E-state index in [4.69, 9.17) is 11.6 Å². The van der Waals surface area contributed by atoms with Crippen molar-refractivity contribution in [2.24, 2.45) is 0 Å². The van der Waals surface area contributed by atoms with Crippen LogP contribution in [-0.4, -0.2) is 47.0 Å². The van der Waals surface area contributed by atoms with Crippen LogP contribution in [0, 0.1) is 0 Å². The zero-order valence-corrected chi connectivity index (χ0v) is 18.4. The SMILES string of the molecule is CCCCCc1ccc(C(=O)N2CCC3(CC2)c2ccc(Cl)n2CCN3C)cc1. The Labute approximate surface area is 179 Å². The first-order valence-electron chi connectivity index (χ1n) is 11.0. The van der Waals surface area contributed by atoms with Gasteiger partial charge in [0.25, 0.3) is 5.91 Å². The maximum atomic E-state index is 13.1. The fourth-order valence-electron chi connectivity index (χ4n) is 5.03. The number of aromatic nitrogens is 1. The molecule has 29 heavy (non-hydrogen) atoms. The lowest BCUT2D eigenvalue weighted by Crippen LogP contribution is -2.56. The molecule has 0 aliphatic carbocycles. The second kappa shape index (κ2) is 8.53. The van der Waals surface area contributed by atoms with Crippen LogP contribution in [0.2, 0.25) is 5.15 Å². The molecule has 1 aromatic carbocycles. The number of carbonyl (C=O) groups is 1. The molecule has 0 N–H and O–H groups in total. The summed E-state index contributed by atoms with van der Waals surface area (Å²) < 4.78 is 2.25. The summed E-state index contributed by atoms with van der Waals surface area (Å²) >= 11 is 6.40. The standard InChI is InChI=1S/C24H32ClN3O/c1-3-4-5-6-19-7-9-20(10-8-19)23(29)27-15-13-24(14-16-27)21-11-12-22(25)28(21)18-17-26(24)2/h7-12H,3-6,13-18H2,1-2H3. The Bertz CT molecular complexity index is 850. The van der Waals surface area contributed by atoms with E-state index in [0.717, 1.165) is 56.2 Å². The van der Waals surface area contributed by atoms with E-state index < -0.39 is 0 Å². The van der Waals surface area contributed by atoms with Crippen molar-refractivity contribution in [2.45, 2.75) is 57.5 Å². The Hall–Kier alpha value is -1.78. The lowest BCUT2D eigenvalue weighted by molar-refractivity contribution is 0.0132. The van der Waals surface area contributed by atoms with Crippen molar-refractivity contribution >= 4 is 17.5 Å². The Morgan fingerprint density at radius 1 is 1.00 bits per heavy atom. The van der Waals surface area contributed by atoms with Gasteiger partial charge in [-0.3, -0.25) is 9.69 Å². The van der Waals surface area contributed by atoms with E-state index >= 15 is 0 Å². The zero-order valence-electron chi connectivity index (χ0n) is 17.7. The molecule has 1 amide bonds. The van der Waals surface area contributed by atoms with Crippen molar-refractivity contribution in [3.05, 3.63) is 58.4 Å². The minimum atomic E-state index is -0.00863. The van der Waals surface area contributed by atoms with Crippen LogP contribution in [0.25, 0.3) is 0 Å². The lowest BCUT2D eigenvalue weighted by atomic mass is 9.81. The van der Waals surface area contributed by atoms with Crippen molar-refractivity contribution in [1.82, 2.24) is 14.4 Å². The highest BCUT2D eigenvalue weighted by atomic mass is 35.5. The van der Waals surface area contributed by atoms with Crippen LogP contribution >= 0.6 is 11.6 Å². The number of benzene rings is 1. The van der Waals surface area contributed by atoms with Gasteiger partial charge >= 0.3 is 0 Å². The van der Waals surface area contributed by atoms with Gasteiger partial charge in [0.05, 0.1) is 5.54 Å². The minimum Gasteiger partial charge on any atom is -0.338 e. The number of halogens is 1. The monoisotopic (exact) mass is 413 g/mol. The van der Waals surface area contributed by atoms with E-state index in [2.05, 4.69) is 41.6 Å². The second-order valence-electron chi connectivity index (χ2n) is 8.59. The number of piperidine rings is 1. The van der Waals surface area contributed by atoms with Gasteiger partial charge in [-0.2, -0.15) is 0 Å². The van der Waals surface area contributed by atoms with Crippen LogP contribution in [-0.2, 0) is 18.5 Å². The quantitative estimate of drug-likeness (QED) is 0.648. The van der Waals surface area contributed by atoms with E-state index in [0.29, 0.717) is 0 Å². The largest absolute Gasteiger partial charge is 0.338 e. The minimum absolute atomic E-state index is 0.00863. The van der Waals surface area contributed by atoms with Gasteiger partial charge < -0.3 is 9.47 Å². The summed E-state index contributed by atoms with van der Waals surface area (Å²) in [6.45, 7) is 5.72. The topological polar surface area (TPSA) is 28.5 Å². The predicted molar refractivity (Wildman–Crippen MR) is 119 cm³/mol. The fraction of sp³-hybridized carbons (Fsp3) is 0.542. The van der Waals surface area contributed by atoms with Crippen molar-refractivity contribution in [3.8, 4) is 0 Å². The molecule has 0 unspecified atom stereocenters. The molecule has 4 nitrogen and oxygen atoms in total. The molecule has 0 saturated carbocycles. The van der Waals surface area contributed by atoms with Crippen LogP contribution in [0.1, 0.15) is 60.6 Å². The third-order valence-electron chi connectivity index (χ3n) is 6.94. The molecule has 1 spiro atoms. The maximum Gasteiger partial charge on any atom is 0.253 e. The molecule has 0 radical (unpaired) electrons. The van der Waals surface area contributed by atoms with E-state index in [-0.39, 0.29) is 11.4 Å². The molecular weight excluding hydrogens is 382 g/mol. The van der Waals surface area contributed by atoms with Crippen LogP contribution in [0.4, 0.5) is 0 Å². The number of likely N-dealkylation sites (N-methyl/N-ethyl adjacent to an activating group) is 1. The van der Waals surface area contributed by atoms with Gasteiger partial charge in [0.1, 0.15) is 5.15 Å². The molecule has 0 atom stereocenters. The third kappa shape index (κ3) is 3.85. The number of likely N-dealkylation sites (tertiary alicyclic amines) is 1. The predicted octanol–water partition coefficient (Wildman–Crippen LogP) is 4.95. The molecule has 1 fully saturated rings. The molecular formula is C24H32ClN3O. The highest BCUT2D eigenvalue weighted by Crippen LogP contribution is 2.42. The first kappa shape index (κ1) is 20.5. The maximum absolute atomic E-state index is 13.1. The number of hydrogen-bond donors (Lipinski definition) is 0. The Kier molecular flexibility index (Phi) is 6.03. The van der Waals surface area contributed by atoms with Gasteiger partial charge in [-0.05, 0) is 62.6 Å². The molecule has 1 aromatic heterocycles. The number of hydrogen-bond acceptors (Lipinski definition) is 2. The third-order valence-corrected chi connectivity index (χ3v) is 7.27. The number of aryl methyl sites for hydroxylation is 1. The smallest absolute Gasteiger partial charge is 0.253 e. The molecule has 2 aromatic rings. The Balaban J connectivity index is 1.42. The molecule has 5 heteroatoms. The second-order valence-corrected chi connectivity index (χ2v) is 8.98. The van der Waals surface area contributed by atoms with E-state index in [9.17, 15) is 4.79 Å². The summed E-state index contributed by atoms with van der Waals surface area (Å²) in [7, 11) is 2.21. The summed E-state index contributed by atoms with van der Waals surface area (Å²) in [4.78, 5) is 17.5. The molecule has 156 valence electrons. The molecule has 2 aliphatic rings. The van der Waals surface area contributed by atoms with Crippen LogP contribution in [0.3, 0.4) is 0 Å². The summed E-state index contributed by atoms with van der Waals surface area (Å²) in [5.41, 5.74) is 3.43. The lowest BCUT2D eigenvalue weighted by Gasteiger charge is -2.50. The van der Waals surface area contributed by atoms with E-state index in [1.165, 1.54) is 30.5 Å². The van der Waals surface area contributed by atoms with Gasteiger partial charge in [-0.1, -0.05) is 43.5 Å².